The topological polar surface area (TPSA) is 91.8 Å². The van der Waals surface area contributed by atoms with Gasteiger partial charge in [0, 0.05) is 47.8 Å². The Morgan fingerprint density at radius 1 is 1.14 bits per heavy atom. The zero-order chi connectivity index (χ0) is 29.3. The van der Waals surface area contributed by atoms with Crippen LogP contribution in [0.2, 0.25) is 5.02 Å². The summed E-state index contributed by atoms with van der Waals surface area (Å²) in [6.45, 7) is 0. The lowest BCUT2D eigenvalue weighted by molar-refractivity contribution is -0.133. The number of anilines is 2. The highest BCUT2D eigenvalue weighted by Gasteiger charge is 2.49. The Hall–Kier alpha value is -4.12. The lowest BCUT2D eigenvalue weighted by Crippen LogP contribution is -2.56. The van der Waals surface area contributed by atoms with Gasteiger partial charge in [0.2, 0.25) is 11.8 Å². The van der Waals surface area contributed by atoms with Crippen molar-refractivity contribution in [2.45, 2.75) is 57.2 Å². The third kappa shape index (κ3) is 6.06. The molecule has 3 aromatic rings. The van der Waals surface area contributed by atoms with E-state index in [9.17, 15) is 27.6 Å². The maximum Gasteiger partial charge on any atom is 0.252 e. The van der Waals surface area contributed by atoms with Gasteiger partial charge in [0.25, 0.3) is 11.8 Å². The highest BCUT2D eigenvalue weighted by Crippen LogP contribution is 2.40. The normalized spacial score (nSPS) is 18.5. The number of nitrogens with one attached hydrogen (secondary N) is 1. The first-order valence-electron chi connectivity index (χ1n) is 12.9. The first-order valence-corrected chi connectivity index (χ1v) is 13.3. The molecule has 1 aromatic heterocycles. The molecule has 12 heteroatoms. The molecule has 1 N–H and O–H groups in total. The Morgan fingerprint density at radius 2 is 1.88 bits per heavy atom. The first kappa shape index (κ1) is 30.8. The highest BCUT2D eigenvalue weighted by molar-refractivity contribution is 6.31. The molecule has 1 aliphatic heterocycles. The molecule has 2 fully saturated rings. The van der Waals surface area contributed by atoms with Crippen LogP contribution in [0.5, 0.6) is 5.75 Å². The van der Waals surface area contributed by atoms with Crippen LogP contribution in [0.3, 0.4) is 0 Å². The Balaban J connectivity index is 0.00000405. The van der Waals surface area contributed by atoms with E-state index in [0.29, 0.717) is 0 Å². The molecule has 8 nitrogen and oxygen atoms in total. The van der Waals surface area contributed by atoms with Gasteiger partial charge in [-0.05, 0) is 42.8 Å². The minimum Gasteiger partial charge on any atom is -0.493 e. The summed E-state index contributed by atoms with van der Waals surface area (Å²) in [5, 5.41) is 2.73. The van der Waals surface area contributed by atoms with Crippen molar-refractivity contribution in [1.29, 1.82) is 0 Å². The lowest BCUT2D eigenvalue weighted by Gasteiger charge is -2.39. The number of rotatable bonds is 8. The van der Waals surface area contributed by atoms with Crippen molar-refractivity contribution >= 4 is 40.8 Å². The molecule has 1 saturated heterocycles. The van der Waals surface area contributed by atoms with Crippen molar-refractivity contribution < 1.29 is 32.3 Å². The van der Waals surface area contributed by atoms with Crippen molar-refractivity contribution in [2.24, 2.45) is 0 Å². The minimum atomic E-state index is -2.90. The summed E-state index contributed by atoms with van der Waals surface area (Å²) < 4.78 is 47.1. The van der Waals surface area contributed by atoms with E-state index in [1.807, 2.05) is 0 Å². The summed E-state index contributed by atoms with van der Waals surface area (Å²) in [6, 6.07) is 11.1. The number of nitrogens with zero attached hydrogens (tertiary/aromatic N) is 3. The molecule has 222 valence electrons. The summed E-state index contributed by atoms with van der Waals surface area (Å²) >= 11 is 6.50. The van der Waals surface area contributed by atoms with Crippen LogP contribution >= 0.6 is 11.6 Å². The van der Waals surface area contributed by atoms with Crippen LogP contribution in [0.1, 0.15) is 44.7 Å². The first-order chi connectivity index (χ1) is 19.6. The minimum absolute atomic E-state index is 0. The molecule has 3 amide bonds. The van der Waals surface area contributed by atoms with Gasteiger partial charge >= 0.3 is 0 Å². The molecule has 2 heterocycles. The number of aromatic nitrogens is 1. The van der Waals surface area contributed by atoms with Gasteiger partial charge in [-0.3, -0.25) is 24.2 Å². The number of carbonyl (C=O) groups is 3. The summed E-state index contributed by atoms with van der Waals surface area (Å²) in [5.74, 6) is -5.09. The average Bonchev–Trinajstić information content (AvgIpc) is 3.31. The number of amides is 3. The zero-order valence-corrected chi connectivity index (χ0v) is 22.7. The predicted octanol–water partition coefficient (Wildman–Crippen LogP) is 5.70. The molecule has 0 unspecified atom stereocenters. The van der Waals surface area contributed by atoms with Crippen LogP contribution in [-0.4, -0.2) is 47.8 Å². The van der Waals surface area contributed by atoms with Gasteiger partial charge in [0.15, 0.2) is 11.6 Å². The maximum atomic E-state index is 14.5. The fourth-order valence-electron chi connectivity index (χ4n) is 5.23. The van der Waals surface area contributed by atoms with Crippen molar-refractivity contribution in [2.75, 3.05) is 16.9 Å². The molecule has 5 rings (SSSR count). The van der Waals surface area contributed by atoms with E-state index >= 15 is 0 Å². The largest absolute Gasteiger partial charge is 0.493 e. The summed E-state index contributed by atoms with van der Waals surface area (Å²) in [6.07, 6.45) is 0.435. The van der Waals surface area contributed by atoms with Gasteiger partial charge in [0.05, 0.1) is 7.11 Å². The molecule has 1 aliphatic carbocycles. The monoisotopic (exact) mass is 602 g/mol. The Bertz CT molecular complexity index is 1480. The molecular weight excluding hydrogens is 573 g/mol. The Morgan fingerprint density at radius 3 is 2.55 bits per heavy atom. The quantitative estimate of drug-likeness (QED) is 0.357. The fraction of sp³-hybridized carbons (Fsp3) is 0.333. The number of pyridine rings is 1. The second-order valence-corrected chi connectivity index (χ2v) is 10.3. The van der Waals surface area contributed by atoms with Crippen LogP contribution < -0.4 is 19.9 Å². The number of methoxy groups -OCH3 is 1. The molecular formula is C30H30ClF3N4O4. The van der Waals surface area contributed by atoms with E-state index in [4.69, 9.17) is 16.3 Å². The highest BCUT2D eigenvalue weighted by atomic mass is 35.5. The number of hydrogen-bond donors (Lipinski definition) is 1. The number of ether oxygens (including phenoxy) is 1. The average molecular weight is 603 g/mol. The van der Waals surface area contributed by atoms with E-state index in [1.165, 1.54) is 48.5 Å². The molecule has 42 heavy (non-hydrogen) atoms. The second kappa shape index (κ2) is 12.4. The van der Waals surface area contributed by atoms with Gasteiger partial charge in [-0.1, -0.05) is 43.3 Å². The molecule has 2 aliphatic rings. The third-order valence-corrected chi connectivity index (χ3v) is 7.51. The van der Waals surface area contributed by atoms with E-state index in [1.54, 1.807) is 24.3 Å². The van der Waals surface area contributed by atoms with Gasteiger partial charge in [-0.2, -0.15) is 0 Å². The molecule has 2 aromatic carbocycles. The second-order valence-electron chi connectivity index (χ2n) is 9.93. The Labute approximate surface area is 246 Å². The van der Waals surface area contributed by atoms with Crippen LogP contribution in [0.4, 0.5) is 24.7 Å². The number of hydrogen-bond acceptors (Lipinski definition) is 5. The molecule has 2 atom stereocenters. The smallest absolute Gasteiger partial charge is 0.252 e. The van der Waals surface area contributed by atoms with Crippen LogP contribution in [0.15, 0.2) is 66.9 Å². The number of carbonyl (C=O) groups excluding carboxylic acids is 3. The van der Waals surface area contributed by atoms with Crippen molar-refractivity contribution in [3.63, 3.8) is 0 Å². The van der Waals surface area contributed by atoms with E-state index < -0.39 is 60.4 Å². The number of benzene rings is 2. The van der Waals surface area contributed by atoms with Crippen LogP contribution in [0, 0.1) is 5.82 Å². The fourth-order valence-corrected chi connectivity index (χ4v) is 5.47. The standard InChI is InChI=1S/C29H26ClF3N4O4.CH4/c1-41-23-10-5-13-34-26(23)37-22(11-12-24(37)38)28(40)36(19-7-4-6-17(31)14-19)25(20-8-2-3-9-21(20)30)27(39)35-18-15-29(32,33)16-18;/h2-10,13-14,18,22,25H,11-12,15-16H2,1H3,(H,35,39);1H4/t22-,25-;/m0./s1. The predicted molar refractivity (Wildman–Crippen MR) is 152 cm³/mol. The van der Waals surface area contributed by atoms with Crippen LogP contribution in [-0.2, 0) is 14.4 Å². The van der Waals surface area contributed by atoms with Gasteiger partial charge in [-0.25, -0.2) is 18.2 Å². The SMILES string of the molecule is C.COc1cccnc1N1C(=O)CC[C@H]1C(=O)N(c1cccc(F)c1)[C@H](C(=O)NC1CC(F)(F)C1)c1ccccc1Cl. The molecule has 0 spiro atoms. The van der Waals surface area contributed by atoms with Crippen molar-refractivity contribution in [3.8, 4) is 5.75 Å². The lowest BCUT2D eigenvalue weighted by atomic mass is 9.87. The van der Waals surface area contributed by atoms with Gasteiger partial charge in [0.1, 0.15) is 17.9 Å². The molecule has 1 saturated carbocycles. The maximum absolute atomic E-state index is 14.5. The van der Waals surface area contributed by atoms with Crippen LogP contribution in [0.25, 0.3) is 0 Å². The number of halogens is 4. The van der Waals surface area contributed by atoms with E-state index in [-0.39, 0.29) is 48.1 Å². The van der Waals surface area contributed by atoms with Crippen molar-refractivity contribution in [3.05, 3.63) is 83.3 Å². The summed E-state index contributed by atoms with van der Waals surface area (Å²) in [5.41, 5.74) is 0.211. The van der Waals surface area contributed by atoms with Gasteiger partial charge < -0.3 is 10.1 Å². The molecule has 0 radical (unpaired) electrons. The third-order valence-electron chi connectivity index (χ3n) is 7.16. The van der Waals surface area contributed by atoms with Gasteiger partial charge in [-0.15, -0.1) is 0 Å². The van der Waals surface area contributed by atoms with E-state index in [0.717, 1.165) is 11.0 Å². The Kier molecular flexibility index (Phi) is 9.10. The van der Waals surface area contributed by atoms with Crippen molar-refractivity contribution in [1.82, 2.24) is 10.3 Å². The summed E-state index contributed by atoms with van der Waals surface area (Å²) in [7, 11) is 1.40. The zero-order valence-electron chi connectivity index (χ0n) is 21.9. The molecule has 0 bridgehead atoms. The number of alkyl halides is 2. The van der Waals surface area contributed by atoms with E-state index in [2.05, 4.69) is 10.3 Å². The summed E-state index contributed by atoms with van der Waals surface area (Å²) in [4.78, 5) is 47.9.